The number of nitrogens with two attached hydrogens (primary N) is 1. The molecular weight excluding hydrogens is 258 g/mol. The summed E-state index contributed by atoms with van der Waals surface area (Å²) in [5.74, 6) is 6.00. The van der Waals surface area contributed by atoms with E-state index in [0.29, 0.717) is 23.7 Å². The van der Waals surface area contributed by atoms with Gasteiger partial charge in [0.1, 0.15) is 17.1 Å². The normalized spacial score (nSPS) is 10.3. The Hall–Kier alpha value is -2.34. The molecule has 1 aromatic carbocycles. The Bertz CT molecular complexity index is 601. The highest BCUT2D eigenvalue weighted by Crippen LogP contribution is 2.25. The molecule has 0 bridgehead atoms. The van der Waals surface area contributed by atoms with Crippen molar-refractivity contribution in [2.75, 3.05) is 18.6 Å². The Morgan fingerprint density at radius 3 is 2.95 bits per heavy atom. The van der Waals surface area contributed by atoms with E-state index in [4.69, 9.17) is 15.3 Å². The molecule has 20 heavy (non-hydrogen) atoms. The summed E-state index contributed by atoms with van der Waals surface area (Å²) in [5.41, 5.74) is 3.13. The highest BCUT2D eigenvalue weighted by Gasteiger charge is 2.08. The number of hydrogen-bond acceptors (Lipinski definition) is 6. The van der Waals surface area contributed by atoms with Crippen LogP contribution in [0.15, 0.2) is 30.3 Å². The zero-order chi connectivity index (χ0) is 14.4. The molecular formula is C14H17N3O3. The van der Waals surface area contributed by atoms with Crippen molar-refractivity contribution in [1.29, 1.82) is 0 Å². The van der Waals surface area contributed by atoms with Gasteiger partial charge < -0.3 is 14.9 Å². The maximum absolute atomic E-state index is 11.4. The van der Waals surface area contributed by atoms with E-state index in [-0.39, 0.29) is 6.61 Å². The molecule has 0 aliphatic heterocycles. The molecule has 106 valence electrons. The lowest BCUT2D eigenvalue weighted by atomic mass is 10.2. The molecule has 0 aliphatic rings. The number of aromatic nitrogens is 1. The first kappa shape index (κ1) is 14.1. The van der Waals surface area contributed by atoms with Crippen LogP contribution in [0.25, 0.3) is 10.9 Å². The molecule has 0 saturated carbocycles. The Morgan fingerprint density at radius 2 is 2.20 bits per heavy atom. The number of esters is 1. The summed E-state index contributed by atoms with van der Waals surface area (Å²) in [6.07, 6.45) is 0.785. The van der Waals surface area contributed by atoms with E-state index in [9.17, 15) is 4.79 Å². The summed E-state index contributed by atoms with van der Waals surface area (Å²) >= 11 is 0. The van der Waals surface area contributed by atoms with Crippen molar-refractivity contribution in [3.63, 3.8) is 0 Å². The highest BCUT2D eigenvalue weighted by atomic mass is 16.6. The summed E-state index contributed by atoms with van der Waals surface area (Å²) in [5, 5.41) is 0.906. The van der Waals surface area contributed by atoms with Gasteiger partial charge in [-0.1, -0.05) is 19.1 Å². The third-order valence-electron chi connectivity index (χ3n) is 2.64. The predicted molar refractivity (Wildman–Crippen MR) is 76.3 cm³/mol. The van der Waals surface area contributed by atoms with E-state index < -0.39 is 5.97 Å². The Balaban J connectivity index is 2.15. The minimum Gasteiger partial charge on any atom is -0.480 e. The van der Waals surface area contributed by atoms with Crippen molar-refractivity contribution in [3.8, 4) is 5.75 Å². The second-order valence-electron chi connectivity index (χ2n) is 4.18. The second kappa shape index (κ2) is 6.72. The van der Waals surface area contributed by atoms with E-state index in [1.807, 2.05) is 25.1 Å². The molecule has 0 saturated heterocycles. The summed E-state index contributed by atoms with van der Waals surface area (Å²) < 4.78 is 10.4. The van der Waals surface area contributed by atoms with E-state index in [2.05, 4.69) is 10.4 Å². The fourth-order valence-electron chi connectivity index (χ4n) is 1.71. The molecule has 2 aromatic rings. The van der Waals surface area contributed by atoms with Crippen LogP contribution in [-0.2, 0) is 9.53 Å². The Morgan fingerprint density at radius 1 is 1.35 bits per heavy atom. The van der Waals surface area contributed by atoms with E-state index >= 15 is 0 Å². The van der Waals surface area contributed by atoms with E-state index in [0.717, 1.165) is 11.8 Å². The monoisotopic (exact) mass is 275 g/mol. The lowest BCUT2D eigenvalue weighted by Gasteiger charge is -2.09. The van der Waals surface area contributed by atoms with Gasteiger partial charge in [0.2, 0.25) is 0 Å². The number of nitrogens with zero attached hydrogens (tertiary/aromatic N) is 1. The third kappa shape index (κ3) is 3.36. The molecule has 2 rings (SSSR count). The molecule has 0 amide bonds. The molecule has 3 N–H and O–H groups in total. The van der Waals surface area contributed by atoms with Crippen LogP contribution in [0.4, 0.5) is 5.82 Å². The van der Waals surface area contributed by atoms with Gasteiger partial charge in [0, 0.05) is 5.39 Å². The van der Waals surface area contributed by atoms with Gasteiger partial charge in [-0.15, -0.1) is 0 Å². The molecule has 1 heterocycles. The summed E-state index contributed by atoms with van der Waals surface area (Å²) in [6.45, 7) is 2.20. The number of carbonyl (C=O) groups is 1. The number of nitrogens with one attached hydrogen (secondary N) is 1. The molecule has 6 heteroatoms. The van der Waals surface area contributed by atoms with Crippen molar-refractivity contribution in [3.05, 3.63) is 30.3 Å². The van der Waals surface area contributed by atoms with Gasteiger partial charge in [0.15, 0.2) is 6.61 Å². The van der Waals surface area contributed by atoms with Crippen molar-refractivity contribution >= 4 is 22.7 Å². The van der Waals surface area contributed by atoms with Crippen molar-refractivity contribution in [1.82, 2.24) is 4.98 Å². The van der Waals surface area contributed by atoms with Crippen LogP contribution in [0.5, 0.6) is 5.75 Å². The number of fused-ring (bicyclic) bond motifs is 1. The number of rotatable bonds is 6. The number of nitrogen functional groups attached to an aromatic ring is 1. The number of anilines is 1. The number of hydrazine groups is 1. The van der Waals surface area contributed by atoms with Crippen molar-refractivity contribution in [2.24, 2.45) is 5.84 Å². The van der Waals surface area contributed by atoms with Crippen LogP contribution in [0.3, 0.4) is 0 Å². The largest absolute Gasteiger partial charge is 0.480 e. The van der Waals surface area contributed by atoms with Gasteiger partial charge in [-0.3, -0.25) is 0 Å². The zero-order valence-electron chi connectivity index (χ0n) is 11.3. The van der Waals surface area contributed by atoms with E-state index in [1.165, 1.54) is 0 Å². The number of ether oxygens (including phenoxy) is 2. The summed E-state index contributed by atoms with van der Waals surface area (Å²) in [6, 6.07) is 9.14. The van der Waals surface area contributed by atoms with Crippen LogP contribution in [0.2, 0.25) is 0 Å². The fraction of sp³-hybridized carbons (Fsp3) is 0.286. The van der Waals surface area contributed by atoms with Crippen LogP contribution in [0, 0.1) is 0 Å². The smallest absolute Gasteiger partial charge is 0.344 e. The zero-order valence-corrected chi connectivity index (χ0v) is 11.3. The van der Waals surface area contributed by atoms with Crippen molar-refractivity contribution in [2.45, 2.75) is 13.3 Å². The lowest BCUT2D eigenvalue weighted by Crippen LogP contribution is -2.15. The average molecular weight is 275 g/mol. The van der Waals surface area contributed by atoms with Crippen LogP contribution >= 0.6 is 0 Å². The first-order valence-electron chi connectivity index (χ1n) is 6.39. The van der Waals surface area contributed by atoms with Gasteiger partial charge in [0.05, 0.1) is 6.61 Å². The predicted octanol–water partition coefficient (Wildman–Crippen LogP) is 1.85. The third-order valence-corrected chi connectivity index (χ3v) is 2.64. The Kier molecular flexibility index (Phi) is 4.73. The average Bonchev–Trinajstić information content (AvgIpc) is 2.50. The first-order chi connectivity index (χ1) is 9.74. The van der Waals surface area contributed by atoms with Crippen LogP contribution in [-0.4, -0.2) is 24.2 Å². The SMILES string of the molecule is CCCOC(=O)COc1cccc2ccc(NN)nc12. The second-order valence-corrected chi connectivity index (χ2v) is 4.18. The highest BCUT2D eigenvalue weighted by molar-refractivity contribution is 5.86. The lowest BCUT2D eigenvalue weighted by molar-refractivity contribution is -0.145. The minimum atomic E-state index is -0.392. The van der Waals surface area contributed by atoms with Crippen LogP contribution in [0.1, 0.15) is 13.3 Å². The Labute approximate surface area is 116 Å². The molecule has 0 radical (unpaired) electrons. The maximum Gasteiger partial charge on any atom is 0.344 e. The van der Waals surface area contributed by atoms with E-state index in [1.54, 1.807) is 12.1 Å². The number of carbonyl (C=O) groups excluding carboxylic acids is 1. The van der Waals surface area contributed by atoms with Crippen LogP contribution < -0.4 is 16.0 Å². The number of para-hydroxylation sites is 1. The van der Waals surface area contributed by atoms with Gasteiger partial charge in [-0.25, -0.2) is 15.6 Å². The van der Waals surface area contributed by atoms with Gasteiger partial charge in [0.25, 0.3) is 0 Å². The molecule has 6 nitrogen and oxygen atoms in total. The quantitative estimate of drug-likeness (QED) is 0.475. The number of pyridine rings is 1. The molecule has 1 aromatic heterocycles. The molecule has 0 aliphatic carbocycles. The van der Waals surface area contributed by atoms with Gasteiger partial charge in [-0.2, -0.15) is 0 Å². The minimum absolute atomic E-state index is 0.138. The van der Waals surface area contributed by atoms with Gasteiger partial charge >= 0.3 is 5.97 Å². The van der Waals surface area contributed by atoms with Crippen molar-refractivity contribution < 1.29 is 14.3 Å². The first-order valence-corrected chi connectivity index (χ1v) is 6.39. The fourth-order valence-corrected chi connectivity index (χ4v) is 1.71. The standard InChI is InChI=1S/C14H17N3O3/c1-2-8-19-13(18)9-20-11-5-3-4-10-6-7-12(17-15)16-14(10)11/h3-7H,2,8-9,15H2,1H3,(H,16,17). The molecule has 0 atom stereocenters. The molecule has 0 spiro atoms. The number of hydrogen-bond donors (Lipinski definition) is 2. The molecule has 0 unspecified atom stereocenters. The summed E-state index contributed by atoms with van der Waals surface area (Å²) in [7, 11) is 0. The molecule has 0 fully saturated rings. The maximum atomic E-state index is 11.4. The van der Waals surface area contributed by atoms with Gasteiger partial charge in [-0.05, 0) is 24.6 Å². The topological polar surface area (TPSA) is 86.5 Å². The summed E-state index contributed by atoms with van der Waals surface area (Å²) in [4.78, 5) is 15.8. The number of benzene rings is 1.